The van der Waals surface area contributed by atoms with Crippen LogP contribution < -0.4 is 16.0 Å². The van der Waals surface area contributed by atoms with Crippen LogP contribution in [0.1, 0.15) is 24.2 Å². The maximum atomic E-state index is 12.2. The zero-order chi connectivity index (χ0) is 17.6. The van der Waals surface area contributed by atoms with E-state index >= 15 is 0 Å². The summed E-state index contributed by atoms with van der Waals surface area (Å²) in [6, 6.07) is 11.8. The molecule has 1 atom stereocenters. The van der Waals surface area contributed by atoms with Gasteiger partial charge in [-0.15, -0.1) is 0 Å². The summed E-state index contributed by atoms with van der Waals surface area (Å²) in [7, 11) is 0. The molecular formula is C19H25N5O. The van der Waals surface area contributed by atoms with Gasteiger partial charge in [0.05, 0.1) is 11.9 Å². The van der Waals surface area contributed by atoms with E-state index in [1.807, 2.05) is 37.3 Å². The van der Waals surface area contributed by atoms with Gasteiger partial charge in [0.25, 0.3) is 0 Å². The molecule has 0 unspecified atom stereocenters. The van der Waals surface area contributed by atoms with Crippen molar-refractivity contribution in [3.8, 4) is 0 Å². The average Bonchev–Trinajstić information content (AvgIpc) is 2.64. The molecular weight excluding hydrogens is 314 g/mol. The normalized spacial score (nSPS) is 16.2. The summed E-state index contributed by atoms with van der Waals surface area (Å²) in [6.07, 6.45) is 1.65. The van der Waals surface area contributed by atoms with Gasteiger partial charge in [0.15, 0.2) is 0 Å². The van der Waals surface area contributed by atoms with Crippen LogP contribution >= 0.6 is 0 Å². The number of nitrogens with zero attached hydrogens (tertiary/aromatic N) is 2. The number of urea groups is 1. The molecule has 6 heteroatoms. The summed E-state index contributed by atoms with van der Waals surface area (Å²) in [4.78, 5) is 18.8. The van der Waals surface area contributed by atoms with Crippen molar-refractivity contribution in [1.29, 1.82) is 0 Å². The van der Waals surface area contributed by atoms with E-state index in [0.717, 1.165) is 37.6 Å². The van der Waals surface area contributed by atoms with Crippen LogP contribution in [0.5, 0.6) is 0 Å². The van der Waals surface area contributed by atoms with E-state index in [9.17, 15) is 4.79 Å². The van der Waals surface area contributed by atoms with Gasteiger partial charge in [0.1, 0.15) is 0 Å². The molecule has 1 aromatic heterocycles. The molecule has 1 saturated heterocycles. The number of carbonyl (C=O) groups is 1. The molecule has 0 saturated carbocycles. The number of piperazine rings is 1. The van der Waals surface area contributed by atoms with E-state index in [-0.39, 0.29) is 6.03 Å². The van der Waals surface area contributed by atoms with Crippen LogP contribution in [-0.2, 0) is 0 Å². The zero-order valence-corrected chi connectivity index (χ0v) is 14.7. The number of rotatable bonds is 4. The first-order valence-corrected chi connectivity index (χ1v) is 8.67. The van der Waals surface area contributed by atoms with E-state index in [4.69, 9.17) is 0 Å². The highest BCUT2D eigenvalue weighted by Gasteiger charge is 2.18. The Balaban J connectivity index is 1.62. The van der Waals surface area contributed by atoms with Gasteiger partial charge in [-0.3, -0.25) is 9.88 Å². The maximum absolute atomic E-state index is 12.2. The van der Waals surface area contributed by atoms with Crippen molar-refractivity contribution < 1.29 is 4.79 Å². The third-order valence-electron chi connectivity index (χ3n) is 4.50. The van der Waals surface area contributed by atoms with Crippen LogP contribution in [0.15, 0.2) is 42.6 Å². The molecule has 1 aromatic carbocycles. The Morgan fingerprint density at radius 2 is 1.92 bits per heavy atom. The molecule has 1 aliphatic heterocycles. The molecule has 1 fully saturated rings. The van der Waals surface area contributed by atoms with Crippen LogP contribution in [0.4, 0.5) is 16.2 Å². The summed E-state index contributed by atoms with van der Waals surface area (Å²) in [5, 5.41) is 9.07. The third-order valence-corrected chi connectivity index (χ3v) is 4.50. The first kappa shape index (κ1) is 17.4. The molecule has 132 valence electrons. The number of aromatic nitrogens is 1. The van der Waals surface area contributed by atoms with Gasteiger partial charge in [-0.05, 0) is 43.7 Å². The second-order valence-electron chi connectivity index (χ2n) is 6.35. The number of amides is 2. The number of nitrogens with one attached hydrogen (secondary N) is 3. The number of anilines is 2. The Labute approximate surface area is 148 Å². The van der Waals surface area contributed by atoms with Gasteiger partial charge < -0.3 is 16.0 Å². The Morgan fingerprint density at radius 3 is 2.64 bits per heavy atom. The fourth-order valence-electron chi connectivity index (χ4n) is 2.99. The third kappa shape index (κ3) is 4.78. The van der Waals surface area contributed by atoms with Gasteiger partial charge in [-0.25, -0.2) is 4.79 Å². The maximum Gasteiger partial charge on any atom is 0.323 e. The van der Waals surface area contributed by atoms with Crippen molar-refractivity contribution in [1.82, 2.24) is 15.2 Å². The Morgan fingerprint density at radius 1 is 1.16 bits per heavy atom. The van der Waals surface area contributed by atoms with Crippen LogP contribution in [0.3, 0.4) is 0 Å². The van der Waals surface area contributed by atoms with Crippen molar-refractivity contribution in [2.75, 3.05) is 36.8 Å². The minimum Gasteiger partial charge on any atom is -0.314 e. The highest BCUT2D eigenvalue weighted by Crippen LogP contribution is 2.23. The van der Waals surface area contributed by atoms with Crippen LogP contribution in [0, 0.1) is 6.92 Å². The molecule has 6 nitrogen and oxygen atoms in total. The fraction of sp³-hybridized carbons (Fsp3) is 0.368. The topological polar surface area (TPSA) is 69.3 Å². The average molecular weight is 339 g/mol. The predicted octanol–water partition coefficient (Wildman–Crippen LogP) is 3.00. The van der Waals surface area contributed by atoms with Crippen LogP contribution in [0.25, 0.3) is 0 Å². The molecule has 3 N–H and O–H groups in total. The highest BCUT2D eigenvalue weighted by atomic mass is 16.2. The number of carbonyl (C=O) groups excluding carboxylic acids is 1. The van der Waals surface area contributed by atoms with E-state index in [2.05, 4.69) is 38.8 Å². The molecule has 3 rings (SSSR count). The molecule has 0 aliphatic carbocycles. The zero-order valence-electron chi connectivity index (χ0n) is 14.7. The second-order valence-corrected chi connectivity index (χ2v) is 6.35. The van der Waals surface area contributed by atoms with E-state index in [0.29, 0.717) is 11.7 Å². The van der Waals surface area contributed by atoms with Gasteiger partial charge >= 0.3 is 6.03 Å². The molecule has 2 heterocycles. The standard InChI is InChI=1S/C19H25N5O/c1-14-6-7-18(13-21-14)23-19(25)22-17-5-3-4-16(12-17)15(2)24-10-8-20-9-11-24/h3-7,12-13,15,20H,8-11H2,1-2H3,(H2,22,23,25)/t15-/m0/s1. The molecule has 1 aliphatic rings. The Bertz CT molecular complexity index is 710. The molecule has 2 amide bonds. The number of benzene rings is 1. The predicted molar refractivity (Wildman–Crippen MR) is 101 cm³/mol. The van der Waals surface area contributed by atoms with Gasteiger partial charge in [-0.1, -0.05) is 12.1 Å². The van der Waals surface area contributed by atoms with E-state index < -0.39 is 0 Å². The Hall–Kier alpha value is -2.44. The lowest BCUT2D eigenvalue weighted by Crippen LogP contribution is -2.44. The van der Waals surface area contributed by atoms with Crippen molar-refractivity contribution in [3.63, 3.8) is 0 Å². The Kier molecular flexibility index (Phi) is 5.63. The number of hydrogen-bond donors (Lipinski definition) is 3. The van der Waals surface area contributed by atoms with Gasteiger partial charge in [0, 0.05) is 43.6 Å². The van der Waals surface area contributed by atoms with Crippen LogP contribution in [-0.4, -0.2) is 42.1 Å². The number of aryl methyl sites for hydroxylation is 1. The molecule has 0 radical (unpaired) electrons. The van der Waals surface area contributed by atoms with E-state index in [1.54, 1.807) is 6.20 Å². The SMILES string of the molecule is Cc1ccc(NC(=O)Nc2cccc([C@H](C)N3CCNCC3)c2)cn1. The first-order valence-electron chi connectivity index (χ1n) is 8.67. The summed E-state index contributed by atoms with van der Waals surface area (Å²) in [6.45, 7) is 8.25. The number of pyridine rings is 1. The molecule has 0 bridgehead atoms. The largest absolute Gasteiger partial charge is 0.323 e. The monoisotopic (exact) mass is 339 g/mol. The smallest absolute Gasteiger partial charge is 0.314 e. The lowest BCUT2D eigenvalue weighted by atomic mass is 10.1. The molecule has 2 aromatic rings. The van der Waals surface area contributed by atoms with Crippen molar-refractivity contribution in [2.45, 2.75) is 19.9 Å². The summed E-state index contributed by atoms with van der Waals surface area (Å²) in [5.41, 5.74) is 3.59. The molecule has 0 spiro atoms. The van der Waals surface area contributed by atoms with Crippen molar-refractivity contribution >= 4 is 17.4 Å². The minimum absolute atomic E-state index is 0.266. The number of hydrogen-bond acceptors (Lipinski definition) is 4. The highest BCUT2D eigenvalue weighted by molar-refractivity contribution is 5.99. The summed E-state index contributed by atoms with van der Waals surface area (Å²) >= 11 is 0. The van der Waals surface area contributed by atoms with Gasteiger partial charge in [-0.2, -0.15) is 0 Å². The lowest BCUT2D eigenvalue weighted by molar-refractivity contribution is 0.185. The quantitative estimate of drug-likeness (QED) is 0.801. The van der Waals surface area contributed by atoms with Crippen LogP contribution in [0.2, 0.25) is 0 Å². The lowest BCUT2D eigenvalue weighted by Gasteiger charge is -2.33. The minimum atomic E-state index is -0.266. The van der Waals surface area contributed by atoms with Crippen molar-refractivity contribution in [3.05, 3.63) is 53.9 Å². The van der Waals surface area contributed by atoms with Crippen molar-refractivity contribution in [2.24, 2.45) is 0 Å². The van der Waals surface area contributed by atoms with Gasteiger partial charge in [0.2, 0.25) is 0 Å². The second kappa shape index (κ2) is 8.09. The summed E-state index contributed by atoms with van der Waals surface area (Å²) < 4.78 is 0. The molecule has 25 heavy (non-hydrogen) atoms. The van der Waals surface area contributed by atoms with E-state index in [1.165, 1.54) is 5.56 Å². The fourth-order valence-corrected chi connectivity index (χ4v) is 2.99. The first-order chi connectivity index (χ1) is 12.1. The summed E-state index contributed by atoms with van der Waals surface area (Å²) in [5.74, 6) is 0.